The molecule has 0 radical (unpaired) electrons. The molecule has 0 spiro atoms. The lowest BCUT2D eigenvalue weighted by atomic mass is 10.1. The maximum atomic E-state index is 12.1. The second kappa shape index (κ2) is 9.24. The molecule has 33 heavy (non-hydrogen) atoms. The number of nitrogens with one attached hydrogen (secondary N) is 1. The van der Waals surface area contributed by atoms with Crippen LogP contribution in [0.5, 0.6) is 5.75 Å². The van der Waals surface area contributed by atoms with Crippen molar-refractivity contribution in [1.82, 2.24) is 25.1 Å². The number of amides is 1. The molecule has 0 bridgehead atoms. The second-order valence-corrected chi connectivity index (χ2v) is 9.48. The smallest absolute Gasteiger partial charge is 0.269 e. The minimum atomic E-state index is -0.138. The van der Waals surface area contributed by atoms with Crippen LogP contribution in [0, 0.1) is 0 Å². The van der Waals surface area contributed by atoms with Gasteiger partial charge in [0.2, 0.25) is 0 Å². The van der Waals surface area contributed by atoms with Crippen molar-refractivity contribution in [2.45, 2.75) is 13.2 Å². The molecule has 0 aliphatic carbocycles. The number of hydrogen-bond donors (Lipinski definition) is 1. The topological polar surface area (TPSA) is 81.9 Å². The standard InChI is InChI=1S/C23H16Br2ClN5O2/c24-14-9-15(21(16(25)10-14)33-12-13-3-1-2-4-17(13)26)22-27-6-5-18(29-22)19-11-20-23(32)28-7-8-31(20)30-19/h1-6,9-11H,7-8,12H2,(H,28,32). The molecule has 4 aromatic rings. The van der Waals surface area contributed by atoms with Crippen LogP contribution in [0.25, 0.3) is 22.8 Å². The summed E-state index contributed by atoms with van der Waals surface area (Å²) in [5, 5.41) is 8.01. The number of benzene rings is 2. The number of aromatic nitrogens is 4. The van der Waals surface area contributed by atoms with Crippen LogP contribution < -0.4 is 10.1 Å². The third kappa shape index (κ3) is 4.53. The van der Waals surface area contributed by atoms with Crippen molar-refractivity contribution < 1.29 is 9.53 Å². The van der Waals surface area contributed by atoms with E-state index >= 15 is 0 Å². The van der Waals surface area contributed by atoms with Gasteiger partial charge in [-0.3, -0.25) is 9.48 Å². The van der Waals surface area contributed by atoms with Crippen LogP contribution in [-0.4, -0.2) is 32.2 Å². The molecule has 0 atom stereocenters. The quantitative estimate of drug-likeness (QED) is 0.332. The van der Waals surface area contributed by atoms with E-state index < -0.39 is 0 Å². The van der Waals surface area contributed by atoms with Gasteiger partial charge in [-0.05, 0) is 46.3 Å². The number of ether oxygens (including phenoxy) is 1. The average Bonchev–Trinajstić information content (AvgIpc) is 3.25. The van der Waals surface area contributed by atoms with Crippen LogP contribution >= 0.6 is 43.5 Å². The van der Waals surface area contributed by atoms with Crippen LogP contribution in [0.1, 0.15) is 16.1 Å². The van der Waals surface area contributed by atoms with Gasteiger partial charge in [0.05, 0.1) is 22.3 Å². The van der Waals surface area contributed by atoms with Crippen molar-refractivity contribution in [3.8, 4) is 28.5 Å². The molecular weight excluding hydrogens is 574 g/mol. The summed E-state index contributed by atoms with van der Waals surface area (Å²) in [5.41, 5.74) is 3.31. The van der Waals surface area contributed by atoms with Gasteiger partial charge in [-0.1, -0.05) is 45.7 Å². The van der Waals surface area contributed by atoms with E-state index in [0.29, 0.717) is 52.3 Å². The molecule has 5 rings (SSSR count). The first kappa shape index (κ1) is 22.1. The summed E-state index contributed by atoms with van der Waals surface area (Å²) in [4.78, 5) is 21.3. The highest BCUT2D eigenvalue weighted by atomic mass is 79.9. The maximum Gasteiger partial charge on any atom is 0.269 e. The van der Waals surface area contributed by atoms with Crippen molar-refractivity contribution in [1.29, 1.82) is 0 Å². The molecule has 0 unspecified atom stereocenters. The Hall–Kier alpha value is -2.75. The van der Waals surface area contributed by atoms with Gasteiger partial charge in [0.15, 0.2) is 5.82 Å². The zero-order chi connectivity index (χ0) is 22.9. The molecule has 2 aromatic heterocycles. The highest BCUT2D eigenvalue weighted by molar-refractivity contribution is 9.11. The highest BCUT2D eigenvalue weighted by Crippen LogP contribution is 2.39. The molecule has 0 saturated heterocycles. The number of fused-ring (bicyclic) bond motifs is 1. The van der Waals surface area contributed by atoms with Gasteiger partial charge >= 0.3 is 0 Å². The number of carbonyl (C=O) groups excluding carboxylic acids is 1. The van der Waals surface area contributed by atoms with Gasteiger partial charge < -0.3 is 10.1 Å². The van der Waals surface area contributed by atoms with E-state index in [1.807, 2.05) is 36.4 Å². The fraction of sp³-hybridized carbons (Fsp3) is 0.130. The Labute approximate surface area is 211 Å². The van der Waals surface area contributed by atoms with E-state index in [4.69, 9.17) is 21.3 Å². The Morgan fingerprint density at radius 1 is 1.12 bits per heavy atom. The van der Waals surface area contributed by atoms with Crippen LogP contribution in [-0.2, 0) is 13.2 Å². The number of hydrogen-bond acceptors (Lipinski definition) is 5. The van der Waals surface area contributed by atoms with Gasteiger partial charge in [-0.25, -0.2) is 9.97 Å². The van der Waals surface area contributed by atoms with E-state index in [9.17, 15) is 4.79 Å². The lowest BCUT2D eigenvalue weighted by Crippen LogP contribution is -2.35. The van der Waals surface area contributed by atoms with Crippen molar-refractivity contribution >= 4 is 49.4 Å². The third-order valence-corrected chi connectivity index (χ3v) is 6.53. The molecule has 1 N–H and O–H groups in total. The third-order valence-electron chi connectivity index (χ3n) is 5.12. The largest absolute Gasteiger partial charge is 0.487 e. The number of halogens is 3. The molecule has 0 fully saturated rings. The SMILES string of the molecule is O=C1NCCn2nc(-c3ccnc(-c4cc(Br)cc(Br)c4OCc4ccccc4Cl)n3)cc21. The summed E-state index contributed by atoms with van der Waals surface area (Å²) in [6.45, 7) is 1.47. The minimum Gasteiger partial charge on any atom is -0.487 e. The molecule has 3 heterocycles. The Bertz CT molecular complexity index is 1370. The van der Waals surface area contributed by atoms with Crippen molar-refractivity contribution in [2.24, 2.45) is 0 Å². The van der Waals surface area contributed by atoms with Crippen molar-refractivity contribution in [3.63, 3.8) is 0 Å². The number of carbonyl (C=O) groups is 1. The molecule has 1 aliphatic rings. The summed E-state index contributed by atoms with van der Waals surface area (Å²) in [6, 6.07) is 14.9. The van der Waals surface area contributed by atoms with Gasteiger partial charge in [-0.15, -0.1) is 0 Å². The normalized spacial score (nSPS) is 12.9. The zero-order valence-electron chi connectivity index (χ0n) is 17.1. The molecule has 2 aromatic carbocycles. The fourth-order valence-electron chi connectivity index (χ4n) is 3.53. The van der Waals surface area contributed by atoms with Crippen LogP contribution in [0.3, 0.4) is 0 Å². The van der Waals surface area contributed by atoms with E-state index in [2.05, 4.69) is 47.3 Å². The van der Waals surface area contributed by atoms with Gasteiger partial charge in [0.25, 0.3) is 5.91 Å². The number of rotatable bonds is 5. The molecule has 7 nitrogen and oxygen atoms in total. The second-order valence-electron chi connectivity index (χ2n) is 7.30. The Morgan fingerprint density at radius 2 is 1.97 bits per heavy atom. The van der Waals surface area contributed by atoms with Crippen LogP contribution in [0.15, 0.2) is 63.7 Å². The lowest BCUT2D eigenvalue weighted by molar-refractivity contribution is 0.0924. The van der Waals surface area contributed by atoms with Crippen LogP contribution in [0.2, 0.25) is 5.02 Å². The van der Waals surface area contributed by atoms with E-state index in [1.165, 1.54) is 0 Å². The van der Waals surface area contributed by atoms with Gasteiger partial charge in [0, 0.05) is 27.8 Å². The first-order valence-electron chi connectivity index (χ1n) is 10.0. The van der Waals surface area contributed by atoms with Crippen molar-refractivity contribution in [2.75, 3.05) is 6.54 Å². The van der Waals surface area contributed by atoms with E-state index in [0.717, 1.165) is 14.5 Å². The molecule has 1 aliphatic heterocycles. The maximum absolute atomic E-state index is 12.1. The van der Waals surface area contributed by atoms with Gasteiger partial charge in [-0.2, -0.15) is 5.10 Å². The summed E-state index contributed by atoms with van der Waals surface area (Å²) in [6.07, 6.45) is 1.67. The molecule has 166 valence electrons. The Morgan fingerprint density at radius 3 is 2.79 bits per heavy atom. The molecule has 1 amide bonds. The first-order valence-corrected chi connectivity index (χ1v) is 12.0. The van der Waals surface area contributed by atoms with Crippen LogP contribution in [0.4, 0.5) is 0 Å². The van der Waals surface area contributed by atoms with Crippen molar-refractivity contribution in [3.05, 3.63) is 80.0 Å². The summed E-state index contributed by atoms with van der Waals surface area (Å²) < 4.78 is 9.46. The molecular formula is C23H16Br2ClN5O2. The minimum absolute atomic E-state index is 0.138. The molecule has 10 heteroatoms. The zero-order valence-corrected chi connectivity index (χ0v) is 21.0. The number of nitrogens with zero attached hydrogens (tertiary/aromatic N) is 4. The highest BCUT2D eigenvalue weighted by Gasteiger charge is 2.21. The van der Waals surface area contributed by atoms with Gasteiger partial charge in [0.1, 0.15) is 23.7 Å². The Kier molecular flexibility index (Phi) is 6.18. The lowest BCUT2D eigenvalue weighted by Gasteiger charge is -2.14. The van der Waals surface area contributed by atoms with E-state index in [1.54, 1.807) is 23.0 Å². The average molecular weight is 590 g/mol. The first-order chi connectivity index (χ1) is 16.0. The predicted octanol–water partition coefficient (Wildman–Crippen LogP) is 5.51. The predicted molar refractivity (Wildman–Crippen MR) is 132 cm³/mol. The molecule has 0 saturated carbocycles. The Balaban J connectivity index is 1.52. The summed E-state index contributed by atoms with van der Waals surface area (Å²) >= 11 is 13.4. The summed E-state index contributed by atoms with van der Waals surface area (Å²) in [5.74, 6) is 0.929. The fourth-order valence-corrected chi connectivity index (χ4v) is 5.06. The van der Waals surface area contributed by atoms with E-state index in [-0.39, 0.29) is 12.5 Å². The summed E-state index contributed by atoms with van der Waals surface area (Å²) in [7, 11) is 0. The monoisotopic (exact) mass is 587 g/mol.